The van der Waals surface area contributed by atoms with E-state index < -0.39 is 0 Å². The predicted octanol–water partition coefficient (Wildman–Crippen LogP) is 1.30. The van der Waals surface area contributed by atoms with Crippen molar-refractivity contribution in [2.75, 3.05) is 33.9 Å². The van der Waals surface area contributed by atoms with Crippen molar-refractivity contribution >= 4 is 5.97 Å². The van der Waals surface area contributed by atoms with Crippen LogP contribution in [-0.2, 0) is 14.3 Å². The fraction of sp³-hybridized carbons (Fsp3) is 0.909. The molecule has 0 aliphatic rings. The molecule has 4 heteroatoms. The van der Waals surface area contributed by atoms with Crippen LogP contribution >= 0.6 is 0 Å². The number of ether oxygens (including phenoxy) is 2. The summed E-state index contributed by atoms with van der Waals surface area (Å²) in [6.45, 7) is 5.85. The van der Waals surface area contributed by atoms with E-state index in [4.69, 9.17) is 9.47 Å². The van der Waals surface area contributed by atoms with Gasteiger partial charge < -0.3 is 9.47 Å². The molecule has 0 rings (SSSR count). The fourth-order valence-corrected chi connectivity index (χ4v) is 1.51. The normalized spacial score (nSPS) is 12.9. The van der Waals surface area contributed by atoms with E-state index >= 15 is 0 Å². The Labute approximate surface area is 92.5 Å². The molecular weight excluding hydrogens is 194 g/mol. The van der Waals surface area contributed by atoms with Crippen LogP contribution in [0, 0.1) is 0 Å². The average molecular weight is 217 g/mol. The van der Waals surface area contributed by atoms with Gasteiger partial charge in [-0.25, -0.2) is 0 Å². The standard InChI is InChI=1S/C11H23NO3/c1-5-10(11(13)15-6-2)12(3)8-7-9-14-4/h10H,5-9H2,1-4H3. The number of esters is 1. The molecule has 4 nitrogen and oxygen atoms in total. The van der Waals surface area contributed by atoms with Crippen molar-refractivity contribution in [3.8, 4) is 0 Å². The quantitative estimate of drug-likeness (QED) is 0.454. The Morgan fingerprint density at radius 1 is 1.40 bits per heavy atom. The van der Waals surface area contributed by atoms with Gasteiger partial charge in [0.1, 0.15) is 6.04 Å². The minimum atomic E-state index is -0.125. The van der Waals surface area contributed by atoms with Crippen LogP contribution in [0.3, 0.4) is 0 Å². The van der Waals surface area contributed by atoms with Gasteiger partial charge in [0.25, 0.3) is 0 Å². The van der Waals surface area contributed by atoms with Gasteiger partial charge in [-0.2, -0.15) is 0 Å². The van der Waals surface area contributed by atoms with Crippen LogP contribution in [0.4, 0.5) is 0 Å². The molecule has 0 heterocycles. The fourth-order valence-electron chi connectivity index (χ4n) is 1.51. The zero-order chi connectivity index (χ0) is 11.7. The van der Waals surface area contributed by atoms with Gasteiger partial charge in [0.2, 0.25) is 0 Å². The van der Waals surface area contributed by atoms with E-state index in [2.05, 4.69) is 0 Å². The molecule has 0 radical (unpaired) electrons. The molecular formula is C11H23NO3. The lowest BCUT2D eigenvalue weighted by Crippen LogP contribution is -2.40. The Morgan fingerprint density at radius 3 is 2.53 bits per heavy atom. The highest BCUT2D eigenvalue weighted by molar-refractivity contribution is 5.75. The molecule has 0 aliphatic heterocycles. The largest absolute Gasteiger partial charge is 0.465 e. The van der Waals surface area contributed by atoms with Crippen LogP contribution in [0.25, 0.3) is 0 Å². The van der Waals surface area contributed by atoms with Crippen molar-refractivity contribution in [2.45, 2.75) is 32.7 Å². The van der Waals surface area contributed by atoms with Crippen molar-refractivity contribution in [1.82, 2.24) is 4.90 Å². The topological polar surface area (TPSA) is 38.8 Å². The number of rotatable bonds is 8. The molecule has 0 aliphatic carbocycles. The third-order valence-corrected chi connectivity index (χ3v) is 2.34. The van der Waals surface area contributed by atoms with Crippen LogP contribution in [0.15, 0.2) is 0 Å². The van der Waals surface area contributed by atoms with Crippen LogP contribution in [0.1, 0.15) is 26.7 Å². The Bertz CT molecular complexity index is 173. The number of carbonyl (C=O) groups is 1. The maximum Gasteiger partial charge on any atom is 0.323 e. The molecule has 0 N–H and O–H groups in total. The lowest BCUT2D eigenvalue weighted by Gasteiger charge is -2.24. The van der Waals surface area contributed by atoms with Crippen LogP contribution in [0.5, 0.6) is 0 Å². The number of hydrogen-bond donors (Lipinski definition) is 0. The van der Waals surface area contributed by atoms with E-state index in [9.17, 15) is 4.79 Å². The van der Waals surface area contributed by atoms with Gasteiger partial charge in [0.05, 0.1) is 6.61 Å². The summed E-state index contributed by atoms with van der Waals surface area (Å²) in [6, 6.07) is -0.123. The average Bonchev–Trinajstić information content (AvgIpc) is 2.19. The molecule has 1 atom stereocenters. The summed E-state index contributed by atoms with van der Waals surface area (Å²) in [5, 5.41) is 0. The van der Waals surface area contributed by atoms with E-state index in [0.717, 1.165) is 26.0 Å². The number of hydrogen-bond acceptors (Lipinski definition) is 4. The number of methoxy groups -OCH3 is 1. The molecule has 0 aromatic carbocycles. The molecule has 1 unspecified atom stereocenters. The van der Waals surface area contributed by atoms with Gasteiger partial charge >= 0.3 is 5.97 Å². The lowest BCUT2D eigenvalue weighted by atomic mass is 10.2. The maximum atomic E-state index is 11.6. The summed E-state index contributed by atoms with van der Waals surface area (Å²) in [4.78, 5) is 13.6. The van der Waals surface area contributed by atoms with E-state index in [1.165, 1.54) is 0 Å². The smallest absolute Gasteiger partial charge is 0.323 e. The van der Waals surface area contributed by atoms with E-state index in [0.29, 0.717) is 6.61 Å². The molecule has 0 spiro atoms. The van der Waals surface area contributed by atoms with E-state index in [-0.39, 0.29) is 12.0 Å². The Morgan fingerprint density at radius 2 is 2.07 bits per heavy atom. The number of likely N-dealkylation sites (N-methyl/N-ethyl adjacent to an activating group) is 1. The van der Waals surface area contributed by atoms with E-state index in [1.807, 2.05) is 25.8 Å². The van der Waals surface area contributed by atoms with Gasteiger partial charge in [0.15, 0.2) is 0 Å². The molecule has 15 heavy (non-hydrogen) atoms. The monoisotopic (exact) mass is 217 g/mol. The summed E-state index contributed by atoms with van der Waals surface area (Å²) in [7, 11) is 3.63. The molecule has 90 valence electrons. The summed E-state index contributed by atoms with van der Waals surface area (Å²) in [5.74, 6) is -0.125. The molecule has 0 saturated heterocycles. The Balaban J connectivity index is 3.97. The molecule has 0 aromatic heterocycles. The van der Waals surface area contributed by atoms with Crippen LogP contribution in [0.2, 0.25) is 0 Å². The predicted molar refractivity (Wildman–Crippen MR) is 59.8 cm³/mol. The van der Waals surface area contributed by atoms with Gasteiger partial charge in [-0.3, -0.25) is 9.69 Å². The summed E-state index contributed by atoms with van der Waals surface area (Å²) in [5.41, 5.74) is 0. The minimum absolute atomic E-state index is 0.123. The first kappa shape index (κ1) is 14.4. The van der Waals surface area contributed by atoms with Crippen molar-refractivity contribution < 1.29 is 14.3 Å². The van der Waals surface area contributed by atoms with Crippen molar-refractivity contribution in [3.05, 3.63) is 0 Å². The maximum absolute atomic E-state index is 11.6. The second kappa shape index (κ2) is 8.68. The van der Waals surface area contributed by atoms with Crippen molar-refractivity contribution in [3.63, 3.8) is 0 Å². The third kappa shape index (κ3) is 5.74. The Kier molecular flexibility index (Phi) is 8.33. The first-order valence-electron chi connectivity index (χ1n) is 5.53. The molecule has 0 amide bonds. The highest BCUT2D eigenvalue weighted by Crippen LogP contribution is 2.05. The second-order valence-corrected chi connectivity index (χ2v) is 3.50. The second-order valence-electron chi connectivity index (χ2n) is 3.50. The summed E-state index contributed by atoms with van der Waals surface area (Å²) in [6.07, 6.45) is 1.71. The molecule has 0 aromatic rings. The lowest BCUT2D eigenvalue weighted by molar-refractivity contribution is -0.149. The summed E-state index contributed by atoms with van der Waals surface area (Å²) >= 11 is 0. The van der Waals surface area contributed by atoms with Gasteiger partial charge in [0, 0.05) is 20.3 Å². The van der Waals surface area contributed by atoms with Crippen molar-refractivity contribution in [2.24, 2.45) is 0 Å². The van der Waals surface area contributed by atoms with E-state index in [1.54, 1.807) is 7.11 Å². The minimum Gasteiger partial charge on any atom is -0.465 e. The Hall–Kier alpha value is -0.610. The highest BCUT2D eigenvalue weighted by atomic mass is 16.5. The first-order valence-corrected chi connectivity index (χ1v) is 5.53. The SMILES string of the molecule is CCOC(=O)C(CC)N(C)CCCOC. The van der Waals surface area contributed by atoms with Gasteiger partial charge in [-0.15, -0.1) is 0 Å². The first-order chi connectivity index (χ1) is 7.17. The van der Waals surface area contributed by atoms with Crippen LogP contribution < -0.4 is 0 Å². The molecule has 0 saturated carbocycles. The van der Waals surface area contributed by atoms with Gasteiger partial charge in [-0.1, -0.05) is 6.92 Å². The summed E-state index contributed by atoms with van der Waals surface area (Å²) < 4.78 is 9.98. The molecule has 0 bridgehead atoms. The van der Waals surface area contributed by atoms with Crippen LogP contribution in [-0.4, -0.2) is 50.8 Å². The zero-order valence-corrected chi connectivity index (χ0v) is 10.3. The highest BCUT2D eigenvalue weighted by Gasteiger charge is 2.21. The number of carbonyl (C=O) groups excluding carboxylic acids is 1. The van der Waals surface area contributed by atoms with Gasteiger partial charge in [-0.05, 0) is 26.8 Å². The number of nitrogens with zero attached hydrogens (tertiary/aromatic N) is 1. The molecule has 0 fully saturated rings. The zero-order valence-electron chi connectivity index (χ0n) is 10.3. The van der Waals surface area contributed by atoms with Crippen molar-refractivity contribution in [1.29, 1.82) is 0 Å². The third-order valence-electron chi connectivity index (χ3n) is 2.34.